The van der Waals surface area contributed by atoms with Crippen molar-refractivity contribution < 1.29 is 4.79 Å². The van der Waals surface area contributed by atoms with Gasteiger partial charge in [-0.25, -0.2) is 0 Å². The van der Waals surface area contributed by atoms with Gasteiger partial charge in [0.05, 0.1) is 5.92 Å². The van der Waals surface area contributed by atoms with Crippen molar-refractivity contribution in [2.45, 2.75) is 56.4 Å². The van der Waals surface area contributed by atoms with Gasteiger partial charge in [-0.1, -0.05) is 36.6 Å². The fourth-order valence-electron chi connectivity index (χ4n) is 3.69. The highest BCUT2D eigenvalue weighted by molar-refractivity contribution is 6.30. The van der Waals surface area contributed by atoms with E-state index in [0.29, 0.717) is 6.54 Å². The van der Waals surface area contributed by atoms with Crippen molar-refractivity contribution in [1.82, 2.24) is 5.32 Å². The molecule has 1 amide bonds. The van der Waals surface area contributed by atoms with Gasteiger partial charge in [-0.3, -0.25) is 4.79 Å². The molecule has 0 saturated heterocycles. The predicted molar refractivity (Wildman–Crippen MR) is 97.2 cm³/mol. The van der Waals surface area contributed by atoms with E-state index in [1.807, 2.05) is 19.1 Å². The normalized spacial score (nSPS) is 28.6. The number of benzene rings is 1. The van der Waals surface area contributed by atoms with Gasteiger partial charge >= 0.3 is 0 Å². The van der Waals surface area contributed by atoms with Gasteiger partial charge in [0.15, 0.2) is 0 Å². The number of hydrogen-bond donors (Lipinski definition) is 2. The Bertz CT molecular complexity index is 553. The lowest BCUT2D eigenvalue weighted by molar-refractivity contribution is -0.128. The highest BCUT2D eigenvalue weighted by Gasteiger charge is 2.45. The first-order valence-electron chi connectivity index (χ1n) is 8.26. The Labute approximate surface area is 149 Å². The molecule has 2 unspecified atom stereocenters. The topological polar surface area (TPSA) is 55.1 Å². The van der Waals surface area contributed by atoms with Crippen LogP contribution in [0.4, 0.5) is 0 Å². The van der Waals surface area contributed by atoms with Crippen LogP contribution in [0, 0.1) is 5.92 Å². The molecule has 1 aromatic rings. The minimum Gasteiger partial charge on any atom is -0.355 e. The maximum Gasteiger partial charge on any atom is 0.224 e. The number of rotatable bonds is 4. The van der Waals surface area contributed by atoms with Crippen LogP contribution in [0.1, 0.15) is 51.0 Å². The van der Waals surface area contributed by atoms with Gasteiger partial charge in [0.25, 0.3) is 0 Å². The SMILES string of the molecule is CC1(N)CCCCC1C(=O)NCC1(c2ccc(Cl)cc2)CC1.Cl. The zero-order valence-electron chi connectivity index (χ0n) is 13.6. The number of nitrogens with one attached hydrogen (secondary N) is 1. The first kappa shape index (κ1) is 18.6. The highest BCUT2D eigenvalue weighted by atomic mass is 35.5. The van der Waals surface area contributed by atoms with Gasteiger partial charge in [0.1, 0.15) is 0 Å². The summed E-state index contributed by atoms with van der Waals surface area (Å²) >= 11 is 5.96. The van der Waals surface area contributed by atoms with Crippen LogP contribution in [0.5, 0.6) is 0 Å². The average Bonchev–Trinajstić information content (AvgIpc) is 3.26. The van der Waals surface area contributed by atoms with Crippen LogP contribution in [0.25, 0.3) is 0 Å². The Balaban J connectivity index is 0.00000192. The molecule has 2 saturated carbocycles. The molecule has 2 aliphatic carbocycles. The number of nitrogens with two attached hydrogens (primary N) is 1. The summed E-state index contributed by atoms with van der Waals surface area (Å²) in [5.74, 6) is 0.0761. The van der Waals surface area contributed by atoms with E-state index in [2.05, 4.69) is 17.4 Å². The third kappa shape index (κ3) is 4.01. The van der Waals surface area contributed by atoms with Gasteiger partial charge in [-0.05, 0) is 50.3 Å². The largest absolute Gasteiger partial charge is 0.355 e. The second-order valence-electron chi connectivity index (χ2n) is 7.31. The van der Waals surface area contributed by atoms with E-state index in [-0.39, 0.29) is 35.2 Å². The molecule has 3 nitrogen and oxygen atoms in total. The van der Waals surface area contributed by atoms with Gasteiger partial charge in [0.2, 0.25) is 5.91 Å². The predicted octanol–water partition coefficient (Wildman–Crippen LogP) is 3.82. The summed E-state index contributed by atoms with van der Waals surface area (Å²) in [5.41, 5.74) is 7.35. The molecule has 0 bridgehead atoms. The Hall–Kier alpha value is -0.770. The second kappa shape index (κ2) is 7.00. The molecule has 2 atom stereocenters. The summed E-state index contributed by atoms with van der Waals surface area (Å²) in [5, 5.41) is 3.93. The monoisotopic (exact) mass is 356 g/mol. The minimum atomic E-state index is -0.362. The first-order chi connectivity index (χ1) is 10.4. The smallest absolute Gasteiger partial charge is 0.224 e. The van der Waals surface area contributed by atoms with Crippen molar-refractivity contribution in [3.63, 3.8) is 0 Å². The minimum absolute atomic E-state index is 0. The summed E-state index contributed by atoms with van der Waals surface area (Å²) in [6, 6.07) is 8.01. The maximum atomic E-state index is 12.6. The first-order valence-corrected chi connectivity index (χ1v) is 8.63. The van der Waals surface area contributed by atoms with Crippen molar-refractivity contribution in [3.05, 3.63) is 34.9 Å². The molecule has 23 heavy (non-hydrogen) atoms. The van der Waals surface area contributed by atoms with Gasteiger partial charge in [0, 0.05) is 22.5 Å². The molecule has 0 spiro atoms. The molecular formula is C18H26Cl2N2O. The van der Waals surface area contributed by atoms with Crippen LogP contribution < -0.4 is 11.1 Å². The fraction of sp³-hybridized carbons (Fsp3) is 0.611. The second-order valence-corrected chi connectivity index (χ2v) is 7.75. The molecule has 3 rings (SSSR count). The molecule has 3 N–H and O–H groups in total. The molecule has 0 aliphatic heterocycles. The van der Waals surface area contributed by atoms with Crippen LogP contribution >= 0.6 is 24.0 Å². The maximum absolute atomic E-state index is 12.6. The lowest BCUT2D eigenvalue weighted by atomic mass is 9.74. The van der Waals surface area contributed by atoms with E-state index in [0.717, 1.165) is 43.5 Å². The Morgan fingerprint density at radius 1 is 1.26 bits per heavy atom. The lowest BCUT2D eigenvalue weighted by Crippen LogP contribution is -2.53. The van der Waals surface area contributed by atoms with Crippen LogP contribution in [0.3, 0.4) is 0 Å². The molecule has 5 heteroatoms. The fourth-order valence-corrected chi connectivity index (χ4v) is 3.82. The van der Waals surface area contributed by atoms with Crippen molar-refractivity contribution in [3.8, 4) is 0 Å². The quantitative estimate of drug-likeness (QED) is 0.861. The van der Waals surface area contributed by atoms with Crippen LogP contribution in [0.15, 0.2) is 24.3 Å². The summed E-state index contributed by atoms with van der Waals surface area (Å²) < 4.78 is 0. The molecule has 2 fully saturated rings. The van der Waals surface area contributed by atoms with Crippen LogP contribution in [-0.4, -0.2) is 18.0 Å². The van der Waals surface area contributed by atoms with Gasteiger partial charge in [-0.15, -0.1) is 12.4 Å². The van der Waals surface area contributed by atoms with Crippen molar-refractivity contribution in [2.75, 3.05) is 6.54 Å². The van der Waals surface area contributed by atoms with Crippen molar-refractivity contribution in [1.29, 1.82) is 0 Å². The van der Waals surface area contributed by atoms with Gasteiger partial charge < -0.3 is 11.1 Å². The summed E-state index contributed by atoms with van der Waals surface area (Å²) in [7, 11) is 0. The highest BCUT2D eigenvalue weighted by Crippen LogP contribution is 2.48. The van der Waals surface area contributed by atoms with E-state index >= 15 is 0 Å². The molecule has 1 aromatic carbocycles. The third-order valence-electron chi connectivity index (χ3n) is 5.48. The Kier molecular flexibility index (Phi) is 5.65. The summed E-state index contributed by atoms with van der Waals surface area (Å²) in [6.45, 7) is 2.72. The number of carbonyl (C=O) groups excluding carboxylic acids is 1. The number of amides is 1. The van der Waals surface area contributed by atoms with Crippen LogP contribution in [-0.2, 0) is 10.2 Å². The molecule has 2 aliphatic rings. The van der Waals surface area contributed by atoms with Gasteiger partial charge in [-0.2, -0.15) is 0 Å². The number of halogens is 2. The summed E-state index contributed by atoms with van der Waals surface area (Å²) in [6.07, 6.45) is 6.33. The van der Waals surface area contributed by atoms with E-state index < -0.39 is 0 Å². The third-order valence-corrected chi connectivity index (χ3v) is 5.73. The average molecular weight is 357 g/mol. The zero-order valence-corrected chi connectivity index (χ0v) is 15.2. The number of carbonyl (C=O) groups is 1. The van der Waals surface area contributed by atoms with Crippen molar-refractivity contribution in [2.24, 2.45) is 11.7 Å². The molecule has 0 aromatic heterocycles. The van der Waals surface area contributed by atoms with E-state index in [4.69, 9.17) is 17.3 Å². The molecular weight excluding hydrogens is 331 g/mol. The number of hydrogen-bond acceptors (Lipinski definition) is 2. The van der Waals surface area contributed by atoms with E-state index in [1.54, 1.807) is 0 Å². The Morgan fingerprint density at radius 2 is 1.91 bits per heavy atom. The zero-order chi connectivity index (χ0) is 15.8. The molecule has 0 heterocycles. The van der Waals surface area contributed by atoms with Crippen molar-refractivity contribution >= 4 is 29.9 Å². The molecule has 0 radical (unpaired) electrons. The standard InChI is InChI=1S/C18H25ClN2O.ClH/c1-17(20)9-3-2-4-15(17)16(22)21-12-18(10-11-18)13-5-7-14(19)8-6-13;/h5-8,15H,2-4,9-12,20H2,1H3,(H,21,22);1H. The summed E-state index contributed by atoms with van der Waals surface area (Å²) in [4.78, 5) is 12.6. The van der Waals surface area contributed by atoms with Crippen LogP contribution in [0.2, 0.25) is 5.02 Å². The lowest BCUT2D eigenvalue weighted by Gasteiger charge is -2.37. The van der Waals surface area contributed by atoms with E-state index in [1.165, 1.54) is 5.56 Å². The Morgan fingerprint density at radius 3 is 2.48 bits per heavy atom. The molecule has 128 valence electrons. The van der Waals surface area contributed by atoms with E-state index in [9.17, 15) is 4.79 Å².